The predicted octanol–water partition coefficient (Wildman–Crippen LogP) is 4.10. The van der Waals surface area contributed by atoms with Crippen LogP contribution in [0, 0.1) is 0 Å². The van der Waals surface area contributed by atoms with E-state index < -0.39 is 10.8 Å². The highest BCUT2D eigenvalue weighted by atomic mass is 79.9. The van der Waals surface area contributed by atoms with Gasteiger partial charge in [0.2, 0.25) is 0 Å². The van der Waals surface area contributed by atoms with E-state index in [9.17, 15) is 4.21 Å². The number of hydrogen-bond donors (Lipinski definition) is 1. The summed E-state index contributed by atoms with van der Waals surface area (Å²) in [5.41, 5.74) is 7.45. The molecule has 2 aromatic rings. The quantitative estimate of drug-likeness (QED) is 0.804. The van der Waals surface area contributed by atoms with Crippen molar-refractivity contribution in [2.75, 3.05) is 5.73 Å². The monoisotopic (exact) mass is 387 g/mol. The summed E-state index contributed by atoms with van der Waals surface area (Å²) < 4.78 is 14.1. The number of benzene rings is 2. The molecule has 2 rings (SSSR count). The summed E-state index contributed by atoms with van der Waals surface area (Å²) in [5.74, 6) is 0.406. The Morgan fingerprint density at radius 1 is 1.11 bits per heavy atom. The van der Waals surface area contributed by atoms with E-state index in [-0.39, 0.29) is 0 Å². The maximum Gasteiger partial charge on any atom is 0.0575 e. The van der Waals surface area contributed by atoms with Gasteiger partial charge in [-0.2, -0.15) is 0 Å². The Morgan fingerprint density at radius 3 is 2.50 bits per heavy atom. The van der Waals surface area contributed by atoms with Crippen molar-refractivity contribution in [3.05, 3.63) is 57.0 Å². The smallest absolute Gasteiger partial charge is 0.0575 e. The lowest BCUT2D eigenvalue weighted by atomic mass is 10.2. The SMILES string of the molecule is Nc1cccc(Br)c1CS(=O)c1cccc(Br)c1. The van der Waals surface area contributed by atoms with Crippen molar-refractivity contribution in [3.8, 4) is 0 Å². The molecule has 18 heavy (non-hydrogen) atoms. The molecule has 2 aromatic carbocycles. The highest BCUT2D eigenvalue weighted by molar-refractivity contribution is 9.10. The molecular weight excluding hydrogens is 378 g/mol. The molecule has 1 unspecified atom stereocenters. The van der Waals surface area contributed by atoms with Crippen molar-refractivity contribution in [1.82, 2.24) is 0 Å². The van der Waals surface area contributed by atoms with Crippen molar-refractivity contribution in [3.63, 3.8) is 0 Å². The zero-order chi connectivity index (χ0) is 13.1. The van der Waals surface area contributed by atoms with Crippen molar-refractivity contribution in [1.29, 1.82) is 0 Å². The third kappa shape index (κ3) is 3.22. The van der Waals surface area contributed by atoms with Gasteiger partial charge in [-0.25, -0.2) is 0 Å². The summed E-state index contributed by atoms with van der Waals surface area (Å²) in [6, 6.07) is 13.1. The Hall–Kier alpha value is -0.650. The second-order valence-electron chi connectivity index (χ2n) is 3.75. The molecule has 0 bridgehead atoms. The highest BCUT2D eigenvalue weighted by Crippen LogP contribution is 2.26. The molecule has 0 heterocycles. The van der Waals surface area contributed by atoms with Gasteiger partial charge < -0.3 is 5.73 Å². The van der Waals surface area contributed by atoms with Crippen LogP contribution in [0.4, 0.5) is 5.69 Å². The van der Waals surface area contributed by atoms with Crippen LogP contribution in [0.1, 0.15) is 5.56 Å². The molecule has 94 valence electrons. The van der Waals surface area contributed by atoms with Crippen LogP contribution in [0.3, 0.4) is 0 Å². The fourth-order valence-corrected chi connectivity index (χ4v) is 4.05. The van der Waals surface area contributed by atoms with Crippen LogP contribution in [-0.2, 0) is 16.6 Å². The van der Waals surface area contributed by atoms with E-state index in [0.717, 1.165) is 19.4 Å². The third-order valence-corrected chi connectivity index (χ3v) is 5.06. The van der Waals surface area contributed by atoms with Gasteiger partial charge in [0, 0.05) is 25.1 Å². The lowest BCUT2D eigenvalue weighted by Crippen LogP contribution is -2.01. The standard InChI is InChI=1S/C13H11Br2NOS/c14-9-3-1-4-10(7-9)18(17)8-11-12(15)5-2-6-13(11)16/h1-7H,8,16H2. The number of nitrogen functional groups attached to an aromatic ring is 1. The van der Waals surface area contributed by atoms with E-state index in [1.165, 1.54) is 0 Å². The van der Waals surface area contributed by atoms with E-state index in [1.807, 2.05) is 42.5 Å². The molecule has 2 nitrogen and oxygen atoms in total. The van der Waals surface area contributed by atoms with Gasteiger partial charge in [0.05, 0.1) is 16.6 Å². The minimum atomic E-state index is -1.11. The van der Waals surface area contributed by atoms with Gasteiger partial charge in [-0.1, -0.05) is 44.0 Å². The minimum Gasteiger partial charge on any atom is -0.398 e. The second-order valence-corrected chi connectivity index (χ2v) is 6.98. The zero-order valence-corrected chi connectivity index (χ0v) is 13.4. The maximum absolute atomic E-state index is 12.3. The molecule has 0 saturated heterocycles. The number of nitrogens with two attached hydrogens (primary N) is 1. The van der Waals surface area contributed by atoms with E-state index >= 15 is 0 Å². The molecule has 0 saturated carbocycles. The van der Waals surface area contributed by atoms with Crippen molar-refractivity contribution < 1.29 is 4.21 Å². The van der Waals surface area contributed by atoms with E-state index in [4.69, 9.17) is 5.73 Å². The molecule has 5 heteroatoms. The van der Waals surface area contributed by atoms with Crippen LogP contribution in [-0.4, -0.2) is 4.21 Å². The normalized spacial score (nSPS) is 12.3. The van der Waals surface area contributed by atoms with Crippen LogP contribution in [0.25, 0.3) is 0 Å². The molecule has 0 aliphatic heterocycles. The third-order valence-electron chi connectivity index (χ3n) is 2.49. The largest absolute Gasteiger partial charge is 0.398 e. The van der Waals surface area contributed by atoms with Gasteiger partial charge >= 0.3 is 0 Å². The molecular formula is C13H11Br2NOS. The van der Waals surface area contributed by atoms with Crippen molar-refractivity contribution in [2.24, 2.45) is 0 Å². The summed E-state index contributed by atoms with van der Waals surface area (Å²) in [6.45, 7) is 0. The molecule has 0 spiro atoms. The van der Waals surface area contributed by atoms with Gasteiger partial charge in [0.25, 0.3) is 0 Å². The van der Waals surface area contributed by atoms with E-state index in [0.29, 0.717) is 11.4 Å². The lowest BCUT2D eigenvalue weighted by molar-refractivity contribution is 0.682. The molecule has 0 aromatic heterocycles. The number of hydrogen-bond acceptors (Lipinski definition) is 2. The molecule has 1 atom stereocenters. The molecule has 0 aliphatic rings. The molecule has 0 radical (unpaired) electrons. The van der Waals surface area contributed by atoms with Gasteiger partial charge in [-0.05, 0) is 30.3 Å². The Bertz CT molecular complexity index is 581. The van der Waals surface area contributed by atoms with Gasteiger partial charge in [0.1, 0.15) is 0 Å². The summed E-state index contributed by atoms with van der Waals surface area (Å²) in [6.07, 6.45) is 0. The second kappa shape index (κ2) is 5.99. The Balaban J connectivity index is 2.27. The van der Waals surface area contributed by atoms with Crippen LogP contribution in [0.5, 0.6) is 0 Å². The van der Waals surface area contributed by atoms with Gasteiger partial charge in [-0.3, -0.25) is 4.21 Å². The summed E-state index contributed by atoms with van der Waals surface area (Å²) in [5, 5.41) is 0. The Morgan fingerprint density at radius 2 is 1.83 bits per heavy atom. The average molecular weight is 389 g/mol. The van der Waals surface area contributed by atoms with Crippen LogP contribution in [0.2, 0.25) is 0 Å². The van der Waals surface area contributed by atoms with Crippen LogP contribution >= 0.6 is 31.9 Å². The molecule has 0 amide bonds. The van der Waals surface area contributed by atoms with Crippen LogP contribution in [0.15, 0.2) is 56.3 Å². The maximum atomic E-state index is 12.3. The first kappa shape index (κ1) is 13.8. The summed E-state index contributed by atoms with van der Waals surface area (Å²) in [4.78, 5) is 0.791. The molecule has 0 fully saturated rings. The first-order valence-corrected chi connectivity index (χ1v) is 8.15. The lowest BCUT2D eigenvalue weighted by Gasteiger charge is -2.08. The number of halogens is 2. The summed E-state index contributed by atoms with van der Waals surface area (Å²) >= 11 is 6.82. The topological polar surface area (TPSA) is 43.1 Å². The fraction of sp³-hybridized carbons (Fsp3) is 0.0769. The molecule has 2 N–H and O–H groups in total. The average Bonchev–Trinajstić information content (AvgIpc) is 2.34. The fourth-order valence-electron chi connectivity index (χ4n) is 1.55. The van der Waals surface area contributed by atoms with E-state index in [2.05, 4.69) is 31.9 Å². The molecule has 0 aliphatic carbocycles. The zero-order valence-electron chi connectivity index (χ0n) is 9.40. The number of rotatable bonds is 3. The summed E-state index contributed by atoms with van der Waals surface area (Å²) in [7, 11) is -1.11. The van der Waals surface area contributed by atoms with Crippen LogP contribution < -0.4 is 5.73 Å². The predicted molar refractivity (Wildman–Crippen MR) is 82.8 cm³/mol. The Kier molecular flexibility index (Phi) is 4.59. The number of anilines is 1. The van der Waals surface area contributed by atoms with Gasteiger partial charge in [-0.15, -0.1) is 0 Å². The van der Waals surface area contributed by atoms with Crippen molar-refractivity contribution in [2.45, 2.75) is 10.6 Å². The van der Waals surface area contributed by atoms with Gasteiger partial charge in [0.15, 0.2) is 0 Å². The van der Waals surface area contributed by atoms with Crippen molar-refractivity contribution >= 4 is 48.3 Å². The Labute approximate surface area is 125 Å². The first-order valence-electron chi connectivity index (χ1n) is 5.25. The first-order chi connectivity index (χ1) is 8.58. The van der Waals surface area contributed by atoms with E-state index in [1.54, 1.807) is 0 Å². The minimum absolute atomic E-state index is 0.406. The highest BCUT2D eigenvalue weighted by Gasteiger charge is 2.10.